The molecule has 0 aromatic carbocycles. The molecule has 7 heteroatoms. The molecular weight excluding hydrogens is 517 g/mol. The second-order valence-electron chi connectivity index (χ2n) is 15.4. The van der Waals surface area contributed by atoms with Crippen LogP contribution in [0.3, 0.4) is 0 Å². The minimum Gasteiger partial charge on any atom is -0.475 e. The van der Waals surface area contributed by atoms with Crippen molar-refractivity contribution in [2.45, 2.75) is 142 Å². The van der Waals surface area contributed by atoms with E-state index in [4.69, 9.17) is 30.9 Å². The van der Waals surface area contributed by atoms with Crippen LogP contribution in [0.2, 0.25) is 18.1 Å². The molecule has 1 aliphatic heterocycles. The molecule has 4 unspecified atom stereocenters. The van der Waals surface area contributed by atoms with Gasteiger partial charge in [0.15, 0.2) is 14.1 Å². The number of thiocarbonyl (C=S) groups is 1. The van der Waals surface area contributed by atoms with Gasteiger partial charge in [0.25, 0.3) is 0 Å². The first-order valence-electron chi connectivity index (χ1n) is 14.8. The highest BCUT2D eigenvalue weighted by Gasteiger charge is 2.69. The average molecular weight is 569 g/mol. The summed E-state index contributed by atoms with van der Waals surface area (Å²) in [5.74, 6) is 1.77. The first-order valence-corrected chi connectivity index (χ1v) is 19.3. The molecule has 37 heavy (non-hydrogen) atoms. The number of rotatable bonds is 3. The van der Waals surface area contributed by atoms with Crippen molar-refractivity contribution in [3.05, 3.63) is 0 Å². The average Bonchev–Trinajstić information content (AvgIpc) is 3.29. The Labute approximate surface area is 237 Å². The molecule has 5 fully saturated rings. The van der Waals surface area contributed by atoms with E-state index in [0.29, 0.717) is 34.2 Å². The Morgan fingerprint density at radius 3 is 2.16 bits per heavy atom. The molecule has 0 aromatic rings. The zero-order valence-electron chi connectivity index (χ0n) is 25.0. The van der Waals surface area contributed by atoms with Gasteiger partial charge in [-0.1, -0.05) is 46.4 Å². The van der Waals surface area contributed by atoms with E-state index in [0.717, 1.165) is 12.8 Å². The van der Waals surface area contributed by atoms with E-state index < -0.39 is 14.1 Å². The SMILES string of the molecule is CSC(=S)O[C@H]1CCC2C3C(CC[C@@]21C)[C@@]1(C)CC[C@H](O[Si](C)(C)C(C)(C)C)CC1[C@H]1OC(C)(C)O[C@H]31. The Kier molecular flexibility index (Phi) is 7.36. The van der Waals surface area contributed by atoms with Gasteiger partial charge >= 0.3 is 0 Å². The summed E-state index contributed by atoms with van der Waals surface area (Å²) in [5.41, 5.74) is 0.436. The Bertz CT molecular complexity index is 903. The monoisotopic (exact) mass is 568 g/mol. The van der Waals surface area contributed by atoms with Crippen LogP contribution < -0.4 is 0 Å². The lowest BCUT2D eigenvalue weighted by molar-refractivity contribution is -0.190. The lowest BCUT2D eigenvalue weighted by Gasteiger charge is -2.63. The maximum atomic E-state index is 7.03. The zero-order valence-corrected chi connectivity index (χ0v) is 27.7. The molecule has 4 nitrogen and oxygen atoms in total. The summed E-state index contributed by atoms with van der Waals surface area (Å²) in [5, 5.41) is 0.233. The van der Waals surface area contributed by atoms with Crippen molar-refractivity contribution < 1.29 is 18.6 Å². The molecule has 4 aliphatic carbocycles. The minimum atomic E-state index is -1.82. The summed E-state index contributed by atoms with van der Waals surface area (Å²) in [6, 6.07) is 0. The zero-order chi connectivity index (χ0) is 27.2. The lowest BCUT2D eigenvalue weighted by atomic mass is 9.43. The van der Waals surface area contributed by atoms with Gasteiger partial charge in [-0.2, -0.15) is 0 Å². The fraction of sp³-hybridized carbons (Fsp3) is 0.967. The van der Waals surface area contributed by atoms with Crippen LogP contribution in [0.15, 0.2) is 0 Å². The van der Waals surface area contributed by atoms with E-state index in [-0.39, 0.29) is 34.2 Å². The summed E-state index contributed by atoms with van der Waals surface area (Å²) < 4.78 is 27.8. The smallest absolute Gasteiger partial charge is 0.219 e. The minimum absolute atomic E-state index is 0.154. The van der Waals surface area contributed by atoms with Gasteiger partial charge in [0.1, 0.15) is 6.10 Å². The molecule has 10 atom stereocenters. The highest BCUT2D eigenvalue weighted by molar-refractivity contribution is 8.22. The summed E-state index contributed by atoms with van der Waals surface area (Å²) in [7, 11) is -1.82. The van der Waals surface area contributed by atoms with Crippen LogP contribution in [-0.2, 0) is 18.6 Å². The molecule has 1 saturated heterocycles. The molecule has 5 rings (SSSR count). The van der Waals surface area contributed by atoms with Crippen LogP contribution in [0.5, 0.6) is 0 Å². The van der Waals surface area contributed by atoms with Crippen LogP contribution in [0.4, 0.5) is 0 Å². The molecule has 0 spiro atoms. The number of hydrogen-bond acceptors (Lipinski definition) is 6. The van der Waals surface area contributed by atoms with Crippen LogP contribution in [-0.4, -0.2) is 49.2 Å². The largest absolute Gasteiger partial charge is 0.475 e. The van der Waals surface area contributed by atoms with E-state index in [9.17, 15) is 0 Å². The van der Waals surface area contributed by atoms with Gasteiger partial charge in [0.05, 0.1) is 12.2 Å². The molecule has 0 amide bonds. The lowest BCUT2D eigenvalue weighted by Crippen LogP contribution is -2.64. The van der Waals surface area contributed by atoms with Crippen LogP contribution in [0.25, 0.3) is 0 Å². The van der Waals surface area contributed by atoms with Crippen molar-refractivity contribution in [3.8, 4) is 0 Å². The van der Waals surface area contributed by atoms with Crippen LogP contribution >= 0.6 is 24.0 Å². The Balaban J connectivity index is 1.44. The third-order valence-corrected chi connectivity index (χ3v) is 17.6. The predicted molar refractivity (Wildman–Crippen MR) is 159 cm³/mol. The summed E-state index contributed by atoms with van der Waals surface area (Å²) >= 11 is 7.07. The third kappa shape index (κ3) is 4.71. The number of thioether (sulfide) groups is 1. The Hall–Kier alpha value is 0.337. The van der Waals surface area contributed by atoms with Gasteiger partial charge in [-0.3, -0.25) is 0 Å². The first-order chi connectivity index (χ1) is 17.0. The van der Waals surface area contributed by atoms with Gasteiger partial charge in [-0.15, -0.1) is 0 Å². The number of ether oxygens (including phenoxy) is 3. The summed E-state index contributed by atoms with van der Waals surface area (Å²) in [6.07, 6.45) is 11.3. The molecular formula is C30H52O4S2Si. The highest BCUT2D eigenvalue weighted by Crippen LogP contribution is 2.69. The quantitative estimate of drug-likeness (QED) is 0.252. The van der Waals surface area contributed by atoms with Crippen molar-refractivity contribution >= 4 is 36.7 Å². The summed E-state index contributed by atoms with van der Waals surface area (Å²) in [4.78, 5) is 0. The van der Waals surface area contributed by atoms with Crippen LogP contribution in [0, 0.1) is 34.5 Å². The van der Waals surface area contributed by atoms with Gasteiger partial charge in [-0.05, 0) is 124 Å². The molecule has 0 radical (unpaired) electrons. The molecule has 5 aliphatic rings. The van der Waals surface area contributed by atoms with Crippen molar-refractivity contribution in [2.75, 3.05) is 6.26 Å². The van der Waals surface area contributed by atoms with Crippen molar-refractivity contribution in [3.63, 3.8) is 0 Å². The molecule has 0 N–H and O–H groups in total. The van der Waals surface area contributed by atoms with Crippen LogP contribution in [0.1, 0.15) is 93.4 Å². The fourth-order valence-corrected chi connectivity index (χ4v) is 10.9. The highest BCUT2D eigenvalue weighted by atomic mass is 32.2. The Morgan fingerprint density at radius 2 is 1.51 bits per heavy atom. The summed E-state index contributed by atoms with van der Waals surface area (Å²) in [6.45, 7) is 21.2. The second kappa shape index (κ2) is 9.44. The number of hydrogen-bond donors (Lipinski definition) is 0. The molecule has 0 bridgehead atoms. The van der Waals surface area contributed by atoms with Crippen molar-refractivity contribution in [1.29, 1.82) is 0 Å². The molecule has 1 heterocycles. The van der Waals surface area contributed by atoms with Crippen molar-refractivity contribution in [1.82, 2.24) is 0 Å². The third-order valence-electron chi connectivity index (χ3n) is 12.1. The molecule has 212 valence electrons. The van der Waals surface area contributed by atoms with E-state index >= 15 is 0 Å². The standard InChI is InChI=1S/C30H52O4S2Si/c1-27(2,3)37(9,10)34-18-13-15-29(6)20-14-16-30(7)19(11-12-22(30)31-26(35)36-8)23(20)25-24(21(29)17-18)32-28(4,5)33-25/h18-25H,11-17H2,1-10H3/t18-,19?,20?,21?,22-,23?,24+,25+,29+,30-/m0/s1. The topological polar surface area (TPSA) is 36.9 Å². The number of fused-ring (bicyclic) bond motifs is 8. The van der Waals surface area contributed by atoms with Gasteiger partial charge < -0.3 is 18.6 Å². The van der Waals surface area contributed by atoms with E-state index in [2.05, 4.69) is 61.6 Å². The normalized spacial score (nSPS) is 47.0. The maximum absolute atomic E-state index is 7.03. The van der Waals surface area contributed by atoms with Crippen molar-refractivity contribution in [2.24, 2.45) is 34.5 Å². The van der Waals surface area contributed by atoms with Gasteiger partial charge in [-0.25, -0.2) is 0 Å². The van der Waals surface area contributed by atoms with Gasteiger partial charge in [0.2, 0.25) is 4.38 Å². The predicted octanol–water partition coefficient (Wildman–Crippen LogP) is 8.19. The Morgan fingerprint density at radius 1 is 0.892 bits per heavy atom. The second-order valence-corrected chi connectivity index (χ2v) is 21.6. The van der Waals surface area contributed by atoms with Gasteiger partial charge in [0, 0.05) is 11.5 Å². The van der Waals surface area contributed by atoms with E-state index in [1.54, 1.807) is 11.8 Å². The van der Waals surface area contributed by atoms with E-state index in [1.165, 1.54) is 32.1 Å². The molecule has 0 aromatic heterocycles. The molecule has 4 saturated carbocycles. The fourth-order valence-electron chi connectivity index (χ4n) is 9.16. The first kappa shape index (κ1) is 28.9. The van der Waals surface area contributed by atoms with E-state index in [1.807, 2.05) is 6.26 Å². The maximum Gasteiger partial charge on any atom is 0.219 e.